The number of fused-ring (bicyclic) bond motifs is 1. The minimum absolute atomic E-state index is 0.231. The van der Waals surface area contributed by atoms with Gasteiger partial charge in [0.05, 0.1) is 7.11 Å². The number of esters is 1. The normalized spacial score (nSPS) is 17.0. The second-order valence-corrected chi connectivity index (χ2v) is 5.94. The van der Waals surface area contributed by atoms with Crippen molar-refractivity contribution >= 4 is 18.0 Å². The van der Waals surface area contributed by atoms with Gasteiger partial charge in [-0.3, -0.25) is 4.79 Å². The van der Waals surface area contributed by atoms with Gasteiger partial charge in [-0.15, -0.1) is 0 Å². The van der Waals surface area contributed by atoms with Crippen LogP contribution >= 0.6 is 0 Å². The summed E-state index contributed by atoms with van der Waals surface area (Å²) in [6.45, 7) is 2.47. The molecule has 1 aliphatic carbocycles. The van der Waals surface area contributed by atoms with Crippen LogP contribution in [0.25, 0.3) is 6.08 Å². The van der Waals surface area contributed by atoms with E-state index in [1.165, 1.54) is 13.2 Å². The summed E-state index contributed by atoms with van der Waals surface area (Å²) in [5.74, 6) is 0.787. The van der Waals surface area contributed by atoms with Crippen molar-refractivity contribution < 1.29 is 28.5 Å². The molecule has 0 bridgehead atoms. The monoisotopic (exact) mass is 347 g/mol. The molecule has 7 nitrogen and oxygen atoms in total. The number of hydrogen-bond acceptors (Lipinski definition) is 6. The number of amides is 1. The Hall–Kier alpha value is -2.70. The molecule has 7 heteroatoms. The van der Waals surface area contributed by atoms with E-state index in [1.807, 2.05) is 0 Å². The highest BCUT2D eigenvalue weighted by Crippen LogP contribution is 2.40. The minimum atomic E-state index is -0.826. The first-order chi connectivity index (χ1) is 12.1. The number of methoxy groups -OCH3 is 1. The molecule has 1 aromatic carbocycles. The summed E-state index contributed by atoms with van der Waals surface area (Å²) in [4.78, 5) is 23.7. The predicted molar refractivity (Wildman–Crippen MR) is 89.7 cm³/mol. The molecular weight excluding hydrogens is 326 g/mol. The Morgan fingerprint density at radius 1 is 1.28 bits per heavy atom. The van der Waals surface area contributed by atoms with Gasteiger partial charge >= 0.3 is 5.97 Å². The van der Waals surface area contributed by atoms with Crippen LogP contribution in [0.2, 0.25) is 0 Å². The zero-order valence-corrected chi connectivity index (χ0v) is 14.2. The highest BCUT2D eigenvalue weighted by molar-refractivity contribution is 5.90. The number of carbonyl (C=O) groups excluding carboxylic acids is 2. The summed E-state index contributed by atoms with van der Waals surface area (Å²) in [7, 11) is 1.54. The summed E-state index contributed by atoms with van der Waals surface area (Å²) in [5, 5.41) is 2.79. The first kappa shape index (κ1) is 17.1. The van der Waals surface area contributed by atoms with Gasteiger partial charge in [0.2, 0.25) is 5.75 Å². The van der Waals surface area contributed by atoms with Gasteiger partial charge in [-0.25, -0.2) is 4.79 Å². The Morgan fingerprint density at radius 2 is 2.04 bits per heavy atom. The number of hydrogen-bond donors (Lipinski definition) is 1. The van der Waals surface area contributed by atoms with Crippen LogP contribution in [0.5, 0.6) is 17.2 Å². The quantitative estimate of drug-likeness (QED) is 0.623. The van der Waals surface area contributed by atoms with E-state index in [0.29, 0.717) is 36.0 Å². The molecule has 1 N–H and O–H groups in total. The Labute approximate surface area is 145 Å². The Bertz CT molecular complexity index is 678. The van der Waals surface area contributed by atoms with Crippen LogP contribution in [-0.4, -0.2) is 44.3 Å². The molecule has 0 spiro atoms. The molecule has 1 saturated carbocycles. The molecule has 2 aliphatic rings. The number of ether oxygens (including phenoxy) is 4. The third-order valence-electron chi connectivity index (χ3n) is 3.85. The van der Waals surface area contributed by atoms with Gasteiger partial charge in [-0.1, -0.05) is 0 Å². The second kappa shape index (κ2) is 7.46. The zero-order chi connectivity index (χ0) is 17.8. The van der Waals surface area contributed by atoms with E-state index in [-0.39, 0.29) is 11.9 Å². The van der Waals surface area contributed by atoms with E-state index in [2.05, 4.69) is 5.32 Å². The fourth-order valence-corrected chi connectivity index (χ4v) is 2.37. The number of carbonyl (C=O) groups is 2. The maximum absolute atomic E-state index is 11.9. The molecule has 1 aliphatic heterocycles. The summed E-state index contributed by atoms with van der Waals surface area (Å²) >= 11 is 0. The van der Waals surface area contributed by atoms with E-state index in [4.69, 9.17) is 18.9 Å². The number of rotatable bonds is 6. The fraction of sp³-hybridized carbons (Fsp3) is 0.444. The van der Waals surface area contributed by atoms with Gasteiger partial charge in [0.15, 0.2) is 17.6 Å². The van der Waals surface area contributed by atoms with Crippen molar-refractivity contribution in [2.75, 3.05) is 20.3 Å². The molecule has 3 rings (SSSR count). The van der Waals surface area contributed by atoms with Gasteiger partial charge in [0.25, 0.3) is 5.91 Å². The van der Waals surface area contributed by atoms with Crippen molar-refractivity contribution in [3.63, 3.8) is 0 Å². The molecule has 1 atom stereocenters. The van der Waals surface area contributed by atoms with Crippen LogP contribution in [0.3, 0.4) is 0 Å². The van der Waals surface area contributed by atoms with E-state index in [1.54, 1.807) is 25.1 Å². The molecule has 1 amide bonds. The predicted octanol–water partition coefficient (Wildman–Crippen LogP) is 1.69. The van der Waals surface area contributed by atoms with E-state index < -0.39 is 12.1 Å². The number of nitrogens with one attached hydrogen (secondary N) is 1. The Kier molecular flexibility index (Phi) is 5.11. The summed E-state index contributed by atoms with van der Waals surface area (Å²) in [5.41, 5.74) is 0.702. The van der Waals surface area contributed by atoms with Gasteiger partial charge in [-0.2, -0.15) is 0 Å². The van der Waals surface area contributed by atoms with Crippen LogP contribution in [0.15, 0.2) is 18.2 Å². The maximum Gasteiger partial charge on any atom is 0.331 e. The fourth-order valence-electron chi connectivity index (χ4n) is 2.37. The van der Waals surface area contributed by atoms with Crippen molar-refractivity contribution in [2.24, 2.45) is 0 Å². The Balaban J connectivity index is 1.62. The average Bonchev–Trinajstić information content (AvgIpc) is 3.43. The molecule has 1 aromatic rings. The molecule has 0 unspecified atom stereocenters. The molecule has 0 saturated heterocycles. The molecule has 25 heavy (non-hydrogen) atoms. The highest BCUT2D eigenvalue weighted by atomic mass is 16.6. The maximum atomic E-state index is 11.9. The van der Waals surface area contributed by atoms with Crippen LogP contribution in [0.4, 0.5) is 0 Å². The van der Waals surface area contributed by atoms with Crippen LogP contribution in [0, 0.1) is 0 Å². The van der Waals surface area contributed by atoms with Crippen molar-refractivity contribution in [3.05, 3.63) is 23.8 Å². The van der Waals surface area contributed by atoms with Gasteiger partial charge in [0.1, 0.15) is 13.2 Å². The number of benzene rings is 1. The van der Waals surface area contributed by atoms with Crippen LogP contribution in [-0.2, 0) is 14.3 Å². The van der Waals surface area contributed by atoms with Gasteiger partial charge < -0.3 is 24.3 Å². The molecule has 0 radical (unpaired) electrons. The largest absolute Gasteiger partial charge is 0.493 e. The summed E-state index contributed by atoms with van der Waals surface area (Å²) in [6.07, 6.45) is 3.99. The molecule has 1 fully saturated rings. The molecule has 134 valence electrons. The van der Waals surface area contributed by atoms with Crippen molar-refractivity contribution in [1.29, 1.82) is 0 Å². The third-order valence-corrected chi connectivity index (χ3v) is 3.85. The average molecular weight is 347 g/mol. The summed E-state index contributed by atoms with van der Waals surface area (Å²) < 4.78 is 21.5. The minimum Gasteiger partial charge on any atom is -0.493 e. The van der Waals surface area contributed by atoms with E-state index in [9.17, 15) is 9.59 Å². The summed E-state index contributed by atoms with van der Waals surface area (Å²) in [6, 6.07) is 3.72. The van der Waals surface area contributed by atoms with Crippen molar-refractivity contribution in [2.45, 2.75) is 31.9 Å². The second-order valence-electron chi connectivity index (χ2n) is 5.94. The van der Waals surface area contributed by atoms with Crippen LogP contribution < -0.4 is 19.5 Å². The SMILES string of the molecule is COc1cc(/C=C/C(=O)O[C@H](C)C(=O)NC2CC2)cc2c1OCCO2. The lowest BCUT2D eigenvalue weighted by molar-refractivity contribution is -0.150. The standard InChI is InChI=1S/C18H21NO6/c1-11(18(21)19-13-4-5-13)25-16(20)6-3-12-9-14(22-2)17-15(10-12)23-7-8-24-17/h3,6,9-11,13H,4-5,7-8H2,1-2H3,(H,19,21)/b6-3+/t11-/m1/s1. The molecular formula is C18H21NO6. The van der Waals surface area contributed by atoms with E-state index in [0.717, 1.165) is 12.8 Å². The Morgan fingerprint density at radius 3 is 2.76 bits per heavy atom. The zero-order valence-electron chi connectivity index (χ0n) is 14.2. The highest BCUT2D eigenvalue weighted by Gasteiger charge is 2.26. The van der Waals surface area contributed by atoms with Crippen molar-refractivity contribution in [1.82, 2.24) is 5.32 Å². The lowest BCUT2D eigenvalue weighted by atomic mass is 10.1. The first-order valence-corrected chi connectivity index (χ1v) is 8.23. The molecule has 0 aromatic heterocycles. The van der Waals surface area contributed by atoms with Gasteiger partial charge in [-0.05, 0) is 43.5 Å². The van der Waals surface area contributed by atoms with Crippen LogP contribution in [0.1, 0.15) is 25.3 Å². The van der Waals surface area contributed by atoms with Gasteiger partial charge in [0, 0.05) is 12.1 Å². The smallest absolute Gasteiger partial charge is 0.331 e. The van der Waals surface area contributed by atoms with Crippen molar-refractivity contribution in [3.8, 4) is 17.2 Å². The lowest BCUT2D eigenvalue weighted by Crippen LogP contribution is -2.36. The lowest BCUT2D eigenvalue weighted by Gasteiger charge is -2.20. The molecule has 1 heterocycles. The third kappa shape index (κ3) is 4.43. The topological polar surface area (TPSA) is 83.1 Å². The van der Waals surface area contributed by atoms with E-state index >= 15 is 0 Å². The first-order valence-electron chi connectivity index (χ1n) is 8.23.